The number of aryl methyl sites for hydroxylation is 2. The first kappa shape index (κ1) is 25.5. The Hall–Kier alpha value is -2.62. The van der Waals surface area contributed by atoms with E-state index >= 15 is 0 Å². The van der Waals surface area contributed by atoms with E-state index in [1.807, 2.05) is 24.3 Å². The van der Waals surface area contributed by atoms with E-state index in [4.69, 9.17) is 11.6 Å². The summed E-state index contributed by atoms with van der Waals surface area (Å²) in [5.41, 5.74) is 1.88. The summed E-state index contributed by atoms with van der Waals surface area (Å²) in [6.45, 7) is 1.48. The minimum absolute atomic E-state index is 0.0389. The Morgan fingerprint density at radius 2 is 1.97 bits per heavy atom. The number of sulfone groups is 1. The predicted molar refractivity (Wildman–Crippen MR) is 134 cm³/mol. The molecule has 0 fully saturated rings. The van der Waals surface area contributed by atoms with Gasteiger partial charge in [-0.1, -0.05) is 48.1 Å². The Morgan fingerprint density at radius 3 is 2.66 bits per heavy atom. The molecule has 1 aliphatic carbocycles. The zero-order valence-corrected chi connectivity index (χ0v) is 21.4. The molecule has 6 nitrogen and oxygen atoms in total. The summed E-state index contributed by atoms with van der Waals surface area (Å²) in [5.74, 6) is -1.45. The zero-order chi connectivity index (χ0) is 25.2. The molecule has 1 heterocycles. The Bertz CT molecular complexity index is 1370. The number of amides is 1. The largest absolute Gasteiger partial charge is 0.302 e. The van der Waals surface area contributed by atoms with Crippen molar-refractivity contribution < 1.29 is 22.4 Å². The summed E-state index contributed by atoms with van der Waals surface area (Å²) in [5, 5.41) is 3.63. The van der Waals surface area contributed by atoms with Crippen LogP contribution >= 0.6 is 22.9 Å². The van der Waals surface area contributed by atoms with Crippen LogP contribution in [0.1, 0.15) is 46.3 Å². The van der Waals surface area contributed by atoms with Gasteiger partial charge in [-0.2, -0.15) is 0 Å². The molecular formula is C25H24ClFN2O4S2. The third kappa shape index (κ3) is 5.97. The van der Waals surface area contributed by atoms with Crippen molar-refractivity contribution in [3.63, 3.8) is 0 Å². The zero-order valence-electron chi connectivity index (χ0n) is 19.0. The van der Waals surface area contributed by atoms with Gasteiger partial charge in [-0.3, -0.25) is 9.59 Å². The molecule has 0 saturated carbocycles. The summed E-state index contributed by atoms with van der Waals surface area (Å²) in [6, 6.07) is 11.1. The molecule has 184 valence electrons. The van der Waals surface area contributed by atoms with Crippen LogP contribution in [0, 0.1) is 11.7 Å². The molecular weight excluding hydrogens is 511 g/mol. The summed E-state index contributed by atoms with van der Waals surface area (Å²) < 4.78 is 38.2. The van der Waals surface area contributed by atoms with Crippen LogP contribution in [-0.2, 0) is 33.9 Å². The first-order chi connectivity index (χ1) is 16.7. The number of fused-ring (bicyclic) bond motifs is 1. The predicted octanol–water partition coefficient (Wildman–Crippen LogP) is 5.29. The lowest BCUT2D eigenvalue weighted by Gasteiger charge is -2.19. The van der Waals surface area contributed by atoms with Crippen LogP contribution < -0.4 is 5.32 Å². The van der Waals surface area contributed by atoms with Crippen LogP contribution in [-0.4, -0.2) is 30.8 Å². The fraction of sp³-hybridized carbons (Fsp3) is 0.320. The Balaban J connectivity index is 1.38. The Morgan fingerprint density at radius 1 is 1.23 bits per heavy atom. The smallest absolute Gasteiger partial charge is 0.230 e. The molecule has 3 aromatic rings. The molecule has 0 spiro atoms. The highest BCUT2D eigenvalue weighted by molar-refractivity contribution is 7.91. The van der Waals surface area contributed by atoms with Crippen molar-refractivity contribution in [3.05, 3.63) is 75.0 Å². The molecule has 0 saturated heterocycles. The van der Waals surface area contributed by atoms with Crippen LogP contribution in [0.4, 0.5) is 9.52 Å². The maximum atomic E-state index is 14.4. The lowest BCUT2D eigenvalue weighted by molar-refractivity contribution is -0.115. The lowest BCUT2D eigenvalue weighted by Crippen LogP contribution is -2.21. The van der Waals surface area contributed by atoms with Gasteiger partial charge in [0.2, 0.25) is 5.91 Å². The third-order valence-corrected chi connectivity index (χ3v) is 9.09. The summed E-state index contributed by atoms with van der Waals surface area (Å²) in [4.78, 5) is 30.3. The minimum Gasteiger partial charge on any atom is -0.302 e. The standard InChI is InChI=1S/C25H24ClFN2O4S2/c1-2-35(32,33)19-11-7-17(20(27)14-19)13-22(30)29-25-28-21-12-8-16(23(31)24(21)34-25)6-3-15-4-9-18(26)10-5-15/h4-5,7,9-11,14,16H,2-3,6,8,12-13H2,1H3,(H,28,29,30). The molecule has 1 amide bonds. The average molecular weight is 535 g/mol. The highest BCUT2D eigenvalue weighted by atomic mass is 35.5. The van der Waals surface area contributed by atoms with E-state index in [2.05, 4.69) is 10.3 Å². The SMILES string of the molecule is CCS(=O)(=O)c1ccc(CC(=O)Nc2nc3c(s2)C(=O)C(CCc2ccc(Cl)cc2)CC3)c(F)c1. The van der Waals surface area contributed by atoms with E-state index in [0.717, 1.165) is 35.8 Å². The fourth-order valence-electron chi connectivity index (χ4n) is 4.03. The van der Waals surface area contributed by atoms with E-state index in [1.165, 1.54) is 19.1 Å². The summed E-state index contributed by atoms with van der Waals surface area (Å²) in [6.07, 6.45) is 2.58. The Kier molecular flexibility index (Phi) is 7.68. The van der Waals surface area contributed by atoms with E-state index in [-0.39, 0.29) is 34.3 Å². The van der Waals surface area contributed by atoms with Gasteiger partial charge in [-0.25, -0.2) is 17.8 Å². The van der Waals surface area contributed by atoms with E-state index < -0.39 is 21.6 Å². The van der Waals surface area contributed by atoms with Crippen molar-refractivity contribution in [2.24, 2.45) is 5.92 Å². The number of halogens is 2. The molecule has 35 heavy (non-hydrogen) atoms. The van der Waals surface area contributed by atoms with Gasteiger partial charge in [0.1, 0.15) is 5.82 Å². The highest BCUT2D eigenvalue weighted by Crippen LogP contribution is 2.34. The number of carbonyl (C=O) groups excluding carboxylic acids is 2. The van der Waals surface area contributed by atoms with Crippen molar-refractivity contribution in [3.8, 4) is 0 Å². The van der Waals surface area contributed by atoms with Gasteiger partial charge in [0, 0.05) is 10.9 Å². The van der Waals surface area contributed by atoms with Crippen LogP contribution in [0.3, 0.4) is 0 Å². The summed E-state index contributed by atoms with van der Waals surface area (Å²) >= 11 is 7.07. The number of ketones is 1. The number of aromatic nitrogens is 1. The first-order valence-electron chi connectivity index (χ1n) is 11.3. The van der Waals surface area contributed by atoms with Gasteiger partial charge in [-0.15, -0.1) is 0 Å². The number of hydrogen-bond acceptors (Lipinski definition) is 6. The van der Waals surface area contributed by atoms with Crippen LogP contribution in [0.5, 0.6) is 0 Å². The number of rotatable bonds is 8. The number of thiazole rings is 1. The van der Waals surface area contributed by atoms with E-state index in [0.29, 0.717) is 33.6 Å². The van der Waals surface area contributed by atoms with Gasteiger partial charge < -0.3 is 5.32 Å². The number of carbonyl (C=O) groups is 2. The van der Waals surface area contributed by atoms with Crippen molar-refractivity contribution in [1.29, 1.82) is 0 Å². The number of anilines is 1. The molecule has 0 bridgehead atoms. The Labute approximate surface area is 212 Å². The third-order valence-electron chi connectivity index (χ3n) is 6.08. The minimum atomic E-state index is -3.53. The summed E-state index contributed by atoms with van der Waals surface area (Å²) in [7, 11) is -3.53. The van der Waals surface area contributed by atoms with Crippen LogP contribution in [0.15, 0.2) is 47.4 Å². The van der Waals surface area contributed by atoms with Crippen molar-refractivity contribution in [1.82, 2.24) is 4.98 Å². The van der Waals surface area contributed by atoms with Crippen LogP contribution in [0.25, 0.3) is 0 Å². The second kappa shape index (κ2) is 10.6. The molecule has 2 aromatic carbocycles. The van der Waals surface area contributed by atoms with Gasteiger partial charge in [-0.05, 0) is 61.1 Å². The van der Waals surface area contributed by atoms with Gasteiger partial charge in [0.15, 0.2) is 20.8 Å². The maximum absolute atomic E-state index is 14.4. The number of Topliss-reactive ketones (excluding diaryl/α,β-unsaturated/α-hetero) is 1. The van der Waals surface area contributed by atoms with Gasteiger partial charge in [0.05, 0.1) is 27.6 Å². The molecule has 1 aromatic heterocycles. The highest BCUT2D eigenvalue weighted by Gasteiger charge is 2.31. The monoisotopic (exact) mass is 534 g/mol. The van der Waals surface area contributed by atoms with Crippen molar-refractivity contribution in [2.75, 3.05) is 11.1 Å². The van der Waals surface area contributed by atoms with Crippen molar-refractivity contribution >= 4 is 49.6 Å². The second-order valence-electron chi connectivity index (χ2n) is 8.44. The number of nitrogens with zero attached hydrogens (tertiary/aromatic N) is 1. The molecule has 1 atom stereocenters. The molecule has 10 heteroatoms. The van der Waals surface area contributed by atoms with Crippen molar-refractivity contribution in [2.45, 2.75) is 43.9 Å². The normalized spacial score (nSPS) is 15.6. The maximum Gasteiger partial charge on any atom is 0.230 e. The molecule has 1 unspecified atom stereocenters. The molecule has 1 aliphatic rings. The second-order valence-corrected chi connectivity index (χ2v) is 12.2. The van der Waals surface area contributed by atoms with Crippen LogP contribution in [0.2, 0.25) is 5.02 Å². The number of benzene rings is 2. The fourth-order valence-corrected chi connectivity index (χ4v) is 6.09. The lowest BCUT2D eigenvalue weighted by atomic mass is 9.85. The van der Waals surface area contributed by atoms with E-state index in [1.54, 1.807) is 0 Å². The first-order valence-corrected chi connectivity index (χ1v) is 14.1. The molecule has 0 radical (unpaired) electrons. The topological polar surface area (TPSA) is 93.2 Å². The molecule has 4 rings (SSSR count). The average Bonchev–Trinajstić information content (AvgIpc) is 3.24. The quantitative estimate of drug-likeness (QED) is 0.424. The van der Waals surface area contributed by atoms with Gasteiger partial charge >= 0.3 is 0 Å². The number of hydrogen-bond donors (Lipinski definition) is 1. The van der Waals surface area contributed by atoms with Gasteiger partial charge in [0.25, 0.3) is 0 Å². The molecule has 0 aliphatic heterocycles. The molecule has 1 N–H and O–H groups in total. The number of nitrogens with one attached hydrogen (secondary N) is 1. The van der Waals surface area contributed by atoms with E-state index in [9.17, 15) is 22.4 Å².